The molecule has 0 aliphatic rings. The van der Waals surface area contributed by atoms with Gasteiger partial charge in [0.25, 0.3) is 5.91 Å². The highest BCUT2D eigenvalue weighted by Crippen LogP contribution is 2.11. The summed E-state index contributed by atoms with van der Waals surface area (Å²) < 4.78 is 0.941. The number of nitrogens with one attached hydrogen (secondary N) is 1. The molecule has 5 heteroatoms. The Labute approximate surface area is 118 Å². The minimum absolute atomic E-state index is 0.0450. The molecule has 0 aliphatic carbocycles. The molecule has 2 N–H and O–H groups in total. The number of carbonyl (C=O) groups is 1. The number of halogens is 1. The molecule has 4 nitrogen and oxygen atoms in total. The summed E-state index contributed by atoms with van der Waals surface area (Å²) in [7, 11) is 0. The first kappa shape index (κ1) is 13.3. The Bertz CT molecular complexity index is 626. The molecule has 0 spiro atoms. The number of phenols is 1. The van der Waals surface area contributed by atoms with Gasteiger partial charge in [0.05, 0.1) is 6.21 Å². The molecule has 0 heterocycles. The largest absolute Gasteiger partial charge is 0.508 e. The van der Waals surface area contributed by atoms with Gasteiger partial charge in [0.2, 0.25) is 0 Å². The Morgan fingerprint density at radius 2 is 2.00 bits per heavy atom. The number of benzene rings is 2. The lowest BCUT2D eigenvalue weighted by Crippen LogP contribution is -2.17. The van der Waals surface area contributed by atoms with E-state index in [1.807, 2.05) is 24.3 Å². The SMILES string of the molecule is O=C(N/N=C\c1cccc(Br)c1)c1cccc(O)c1. The summed E-state index contributed by atoms with van der Waals surface area (Å²) in [6.07, 6.45) is 1.55. The van der Waals surface area contributed by atoms with Crippen molar-refractivity contribution in [2.75, 3.05) is 0 Å². The first-order valence-corrected chi connectivity index (χ1v) is 6.32. The maximum atomic E-state index is 11.7. The van der Waals surface area contributed by atoms with Crippen LogP contribution in [-0.4, -0.2) is 17.2 Å². The first-order valence-electron chi connectivity index (χ1n) is 5.53. The Balaban J connectivity index is 2.01. The molecule has 0 fully saturated rings. The summed E-state index contributed by atoms with van der Waals surface area (Å²) >= 11 is 3.35. The van der Waals surface area contributed by atoms with Crippen molar-refractivity contribution in [1.29, 1.82) is 0 Å². The van der Waals surface area contributed by atoms with Crippen LogP contribution in [0.5, 0.6) is 5.75 Å². The van der Waals surface area contributed by atoms with E-state index in [4.69, 9.17) is 0 Å². The number of carbonyl (C=O) groups excluding carboxylic acids is 1. The molecule has 0 saturated carbocycles. The fourth-order valence-electron chi connectivity index (χ4n) is 1.46. The zero-order chi connectivity index (χ0) is 13.7. The summed E-state index contributed by atoms with van der Waals surface area (Å²) in [5.74, 6) is -0.328. The van der Waals surface area contributed by atoms with Gasteiger partial charge in [0.1, 0.15) is 5.75 Å². The third-order valence-electron chi connectivity index (χ3n) is 2.34. The van der Waals surface area contributed by atoms with Crippen LogP contribution in [0.15, 0.2) is 58.1 Å². The van der Waals surface area contributed by atoms with Crippen LogP contribution in [0.1, 0.15) is 15.9 Å². The summed E-state index contributed by atoms with van der Waals surface area (Å²) in [4.78, 5) is 11.7. The van der Waals surface area contributed by atoms with Crippen molar-refractivity contribution in [3.63, 3.8) is 0 Å². The highest BCUT2D eigenvalue weighted by atomic mass is 79.9. The van der Waals surface area contributed by atoms with Gasteiger partial charge in [0, 0.05) is 10.0 Å². The maximum absolute atomic E-state index is 11.7. The van der Waals surface area contributed by atoms with Gasteiger partial charge < -0.3 is 5.11 Å². The van der Waals surface area contributed by atoms with E-state index in [9.17, 15) is 9.90 Å². The van der Waals surface area contributed by atoms with E-state index in [0.717, 1.165) is 10.0 Å². The predicted octanol–water partition coefficient (Wildman–Crippen LogP) is 2.92. The lowest BCUT2D eigenvalue weighted by atomic mass is 10.2. The molecule has 0 aliphatic heterocycles. The smallest absolute Gasteiger partial charge is 0.271 e. The Hall–Kier alpha value is -2.14. The Kier molecular flexibility index (Phi) is 4.30. The van der Waals surface area contributed by atoms with E-state index in [2.05, 4.69) is 26.5 Å². The number of amides is 1. The molecule has 1 amide bonds. The van der Waals surface area contributed by atoms with Crippen LogP contribution in [0, 0.1) is 0 Å². The number of rotatable bonds is 3. The highest BCUT2D eigenvalue weighted by Gasteiger charge is 2.03. The minimum atomic E-state index is -0.373. The van der Waals surface area contributed by atoms with Gasteiger partial charge in [-0.05, 0) is 35.9 Å². The number of phenolic OH excluding ortho intramolecular Hbond substituents is 1. The Morgan fingerprint density at radius 1 is 1.21 bits per heavy atom. The van der Waals surface area contributed by atoms with Crippen molar-refractivity contribution in [1.82, 2.24) is 5.43 Å². The van der Waals surface area contributed by atoms with Crippen LogP contribution in [0.2, 0.25) is 0 Å². The van der Waals surface area contributed by atoms with Gasteiger partial charge >= 0.3 is 0 Å². The molecule has 96 valence electrons. The second kappa shape index (κ2) is 6.15. The molecule has 19 heavy (non-hydrogen) atoms. The zero-order valence-electron chi connectivity index (χ0n) is 9.88. The Morgan fingerprint density at radius 3 is 2.74 bits per heavy atom. The minimum Gasteiger partial charge on any atom is -0.508 e. The molecule has 0 bridgehead atoms. The standard InChI is InChI=1S/C14H11BrN2O2/c15-12-5-1-3-10(7-12)9-16-17-14(19)11-4-2-6-13(18)8-11/h1-9,18H,(H,17,19)/b16-9-. The van der Waals surface area contributed by atoms with E-state index in [1.54, 1.807) is 18.3 Å². The fourth-order valence-corrected chi connectivity index (χ4v) is 1.88. The lowest BCUT2D eigenvalue weighted by Gasteiger charge is -2.00. The topological polar surface area (TPSA) is 61.7 Å². The fraction of sp³-hybridized carbons (Fsp3) is 0. The monoisotopic (exact) mass is 318 g/mol. The molecule has 2 aromatic carbocycles. The number of aromatic hydroxyl groups is 1. The van der Waals surface area contributed by atoms with Crippen molar-refractivity contribution in [2.24, 2.45) is 5.10 Å². The van der Waals surface area contributed by atoms with Gasteiger partial charge in [-0.1, -0.05) is 34.1 Å². The second-order valence-electron chi connectivity index (χ2n) is 3.80. The highest BCUT2D eigenvalue weighted by molar-refractivity contribution is 9.10. The van der Waals surface area contributed by atoms with Crippen LogP contribution in [-0.2, 0) is 0 Å². The van der Waals surface area contributed by atoms with Crippen LogP contribution in [0.4, 0.5) is 0 Å². The molecule has 0 radical (unpaired) electrons. The van der Waals surface area contributed by atoms with Crippen LogP contribution >= 0.6 is 15.9 Å². The first-order chi connectivity index (χ1) is 9.15. The quantitative estimate of drug-likeness (QED) is 0.675. The third-order valence-corrected chi connectivity index (χ3v) is 2.83. The van der Waals surface area contributed by atoms with Gasteiger partial charge in [-0.2, -0.15) is 5.10 Å². The van der Waals surface area contributed by atoms with E-state index in [1.165, 1.54) is 12.1 Å². The van der Waals surface area contributed by atoms with Crippen LogP contribution in [0.3, 0.4) is 0 Å². The molecule has 0 aromatic heterocycles. The summed E-state index contributed by atoms with van der Waals surface area (Å²) in [6.45, 7) is 0. The van der Waals surface area contributed by atoms with E-state index >= 15 is 0 Å². The number of hydrogen-bond donors (Lipinski definition) is 2. The van der Waals surface area contributed by atoms with Gasteiger partial charge in [-0.15, -0.1) is 0 Å². The summed E-state index contributed by atoms with van der Waals surface area (Å²) in [5, 5.41) is 13.1. The van der Waals surface area contributed by atoms with E-state index in [0.29, 0.717) is 5.56 Å². The van der Waals surface area contributed by atoms with Crippen molar-refractivity contribution in [2.45, 2.75) is 0 Å². The van der Waals surface area contributed by atoms with Gasteiger partial charge in [-0.25, -0.2) is 5.43 Å². The van der Waals surface area contributed by atoms with Gasteiger partial charge in [0.15, 0.2) is 0 Å². The maximum Gasteiger partial charge on any atom is 0.271 e. The lowest BCUT2D eigenvalue weighted by molar-refractivity contribution is 0.0954. The molecular weight excluding hydrogens is 308 g/mol. The third kappa shape index (κ3) is 3.93. The summed E-state index contributed by atoms with van der Waals surface area (Å²) in [5.41, 5.74) is 3.62. The number of hydrogen-bond acceptors (Lipinski definition) is 3. The predicted molar refractivity (Wildman–Crippen MR) is 77.3 cm³/mol. The van der Waals surface area contributed by atoms with Crippen LogP contribution < -0.4 is 5.43 Å². The molecule has 0 saturated heterocycles. The van der Waals surface area contributed by atoms with Crippen molar-refractivity contribution in [3.8, 4) is 5.75 Å². The molecule has 2 aromatic rings. The van der Waals surface area contributed by atoms with Gasteiger partial charge in [-0.3, -0.25) is 4.79 Å². The molecular formula is C14H11BrN2O2. The normalized spacial score (nSPS) is 10.6. The van der Waals surface area contributed by atoms with E-state index < -0.39 is 0 Å². The average molecular weight is 319 g/mol. The van der Waals surface area contributed by atoms with Crippen molar-refractivity contribution in [3.05, 3.63) is 64.1 Å². The second-order valence-corrected chi connectivity index (χ2v) is 4.72. The van der Waals surface area contributed by atoms with Crippen molar-refractivity contribution < 1.29 is 9.90 Å². The zero-order valence-corrected chi connectivity index (χ0v) is 11.5. The number of hydrazone groups is 1. The average Bonchev–Trinajstić information content (AvgIpc) is 2.38. The van der Waals surface area contributed by atoms with E-state index in [-0.39, 0.29) is 11.7 Å². The summed E-state index contributed by atoms with van der Waals surface area (Å²) in [6, 6.07) is 13.6. The molecule has 2 rings (SSSR count). The van der Waals surface area contributed by atoms with Crippen molar-refractivity contribution >= 4 is 28.1 Å². The molecule has 0 atom stereocenters. The molecule has 0 unspecified atom stereocenters. The number of nitrogens with zero attached hydrogens (tertiary/aromatic N) is 1. The van der Waals surface area contributed by atoms with Crippen LogP contribution in [0.25, 0.3) is 0 Å².